The number of esters is 1. The Bertz CT molecular complexity index is 509. The van der Waals surface area contributed by atoms with E-state index in [1.165, 1.54) is 18.9 Å². The molecule has 2 saturated heterocycles. The first-order valence-electron chi connectivity index (χ1n) is 10.0. The van der Waals surface area contributed by atoms with Crippen molar-refractivity contribution in [3.8, 4) is 0 Å². The van der Waals surface area contributed by atoms with Crippen LogP contribution in [0.3, 0.4) is 0 Å². The Kier molecular flexibility index (Phi) is 11.0. The summed E-state index contributed by atoms with van der Waals surface area (Å²) in [6.07, 6.45) is 7.49. The smallest absolute Gasteiger partial charge is 0.330 e. The predicted octanol–water partition coefficient (Wildman–Crippen LogP) is 4.17. The van der Waals surface area contributed by atoms with Crippen molar-refractivity contribution in [2.24, 2.45) is 0 Å². The first kappa shape index (κ1) is 24.0. The lowest BCUT2D eigenvalue weighted by Gasteiger charge is -2.39. The Balaban J connectivity index is 0.000000828. The van der Waals surface area contributed by atoms with Crippen LogP contribution in [0.5, 0.6) is 0 Å². The standard InChI is InChI=1S/C16H25NO5S.C4H10/c1-3-4-5-11(2)8-14(18)22-12-6-7-21-16(20,9-12)13-10-23-15(19)17-13;1-3-4-2/h8,12-13,20H,3-7,9-10H2,1-2H3,(H,17,19);3-4H2,1-2H3/b11-8-;. The fourth-order valence-corrected chi connectivity index (χ4v) is 3.64. The van der Waals surface area contributed by atoms with Crippen molar-refractivity contribution in [2.45, 2.75) is 90.6 Å². The molecule has 0 aromatic rings. The average Bonchev–Trinajstić information content (AvgIpc) is 3.07. The molecule has 0 spiro atoms. The van der Waals surface area contributed by atoms with Gasteiger partial charge in [-0.15, -0.1) is 0 Å². The third kappa shape index (κ3) is 8.66. The van der Waals surface area contributed by atoms with Crippen molar-refractivity contribution in [1.29, 1.82) is 0 Å². The van der Waals surface area contributed by atoms with E-state index >= 15 is 0 Å². The van der Waals surface area contributed by atoms with Gasteiger partial charge in [-0.05, 0) is 19.8 Å². The number of carbonyl (C=O) groups is 2. The molecule has 2 rings (SSSR count). The van der Waals surface area contributed by atoms with E-state index in [1.54, 1.807) is 0 Å². The summed E-state index contributed by atoms with van der Waals surface area (Å²) in [6, 6.07) is -0.469. The number of thioether (sulfide) groups is 1. The highest BCUT2D eigenvalue weighted by Gasteiger charge is 2.46. The van der Waals surface area contributed by atoms with Crippen LogP contribution in [0.25, 0.3) is 0 Å². The molecule has 3 unspecified atom stereocenters. The van der Waals surface area contributed by atoms with Gasteiger partial charge in [-0.2, -0.15) is 0 Å². The molecule has 27 heavy (non-hydrogen) atoms. The van der Waals surface area contributed by atoms with Crippen LogP contribution in [0.2, 0.25) is 0 Å². The SMILES string of the molecule is CCCC.CCCC/C(C)=C\C(=O)OC1CCOC(O)(C2CSC(=O)N2)C1. The lowest BCUT2D eigenvalue weighted by Crippen LogP contribution is -2.56. The van der Waals surface area contributed by atoms with Crippen LogP contribution in [0.1, 0.15) is 72.6 Å². The van der Waals surface area contributed by atoms with E-state index in [0.717, 1.165) is 36.6 Å². The van der Waals surface area contributed by atoms with Gasteiger partial charge in [0.1, 0.15) is 6.10 Å². The molecule has 0 radical (unpaired) electrons. The summed E-state index contributed by atoms with van der Waals surface area (Å²) < 4.78 is 10.9. The summed E-state index contributed by atoms with van der Waals surface area (Å²) >= 11 is 1.12. The van der Waals surface area contributed by atoms with E-state index in [9.17, 15) is 14.7 Å². The first-order chi connectivity index (χ1) is 12.8. The lowest BCUT2D eigenvalue weighted by atomic mass is 9.96. The number of allylic oxidation sites excluding steroid dienone is 1. The Labute approximate surface area is 167 Å². The Morgan fingerprint density at radius 1 is 1.37 bits per heavy atom. The zero-order valence-corrected chi connectivity index (χ0v) is 17.9. The van der Waals surface area contributed by atoms with Gasteiger partial charge in [0.05, 0.1) is 12.6 Å². The van der Waals surface area contributed by atoms with Gasteiger partial charge in [0.25, 0.3) is 5.24 Å². The molecule has 156 valence electrons. The minimum atomic E-state index is -1.47. The van der Waals surface area contributed by atoms with Crippen molar-refractivity contribution in [3.05, 3.63) is 11.6 Å². The number of unbranched alkanes of at least 4 members (excludes halogenated alkanes) is 2. The normalized spacial score (nSPS) is 28.2. The van der Waals surface area contributed by atoms with Gasteiger partial charge in [-0.25, -0.2) is 4.79 Å². The minimum absolute atomic E-state index is 0.166. The summed E-state index contributed by atoms with van der Waals surface area (Å²) in [5, 5.41) is 13.1. The molecule has 2 heterocycles. The van der Waals surface area contributed by atoms with Crippen LogP contribution in [0.4, 0.5) is 4.79 Å². The second-order valence-corrected chi connectivity index (χ2v) is 8.13. The van der Waals surface area contributed by atoms with E-state index in [0.29, 0.717) is 18.8 Å². The third-order valence-corrected chi connectivity index (χ3v) is 5.48. The van der Waals surface area contributed by atoms with E-state index in [4.69, 9.17) is 9.47 Å². The predicted molar refractivity (Wildman–Crippen MR) is 109 cm³/mol. The molecule has 2 N–H and O–H groups in total. The number of ether oxygens (including phenoxy) is 2. The molecule has 7 heteroatoms. The molecule has 1 amide bonds. The van der Waals surface area contributed by atoms with Crippen molar-refractivity contribution in [2.75, 3.05) is 12.4 Å². The number of rotatable bonds is 7. The molecule has 0 aliphatic carbocycles. The van der Waals surface area contributed by atoms with Crippen molar-refractivity contribution in [1.82, 2.24) is 5.32 Å². The Hall–Kier alpha value is -1.05. The highest BCUT2D eigenvalue weighted by molar-refractivity contribution is 8.14. The molecule has 3 atom stereocenters. The fraction of sp³-hybridized carbons (Fsp3) is 0.800. The van der Waals surface area contributed by atoms with Gasteiger partial charge >= 0.3 is 5.97 Å². The van der Waals surface area contributed by atoms with Crippen LogP contribution in [0.15, 0.2) is 11.6 Å². The number of amides is 1. The number of hydrogen-bond donors (Lipinski definition) is 2. The maximum absolute atomic E-state index is 12.0. The molecule has 6 nitrogen and oxygen atoms in total. The van der Waals surface area contributed by atoms with Crippen molar-refractivity contribution >= 4 is 23.0 Å². The molecule has 0 bridgehead atoms. The zero-order chi connectivity index (χ0) is 20.3. The van der Waals surface area contributed by atoms with Crippen LogP contribution < -0.4 is 5.32 Å². The number of nitrogens with one attached hydrogen (secondary N) is 1. The summed E-state index contributed by atoms with van der Waals surface area (Å²) in [5.41, 5.74) is 0.999. The van der Waals surface area contributed by atoms with Gasteiger partial charge in [-0.1, -0.05) is 57.4 Å². The van der Waals surface area contributed by atoms with Crippen LogP contribution in [0, 0.1) is 0 Å². The van der Waals surface area contributed by atoms with Gasteiger partial charge in [0.2, 0.25) is 0 Å². The molecular formula is C20H35NO5S. The first-order valence-corrected chi connectivity index (χ1v) is 11.0. The fourth-order valence-electron chi connectivity index (χ4n) is 2.75. The maximum Gasteiger partial charge on any atom is 0.330 e. The van der Waals surface area contributed by atoms with E-state index in [1.807, 2.05) is 6.92 Å². The number of aliphatic hydroxyl groups is 1. The quantitative estimate of drug-likeness (QED) is 0.492. The molecular weight excluding hydrogens is 366 g/mol. The Morgan fingerprint density at radius 2 is 2.07 bits per heavy atom. The second-order valence-electron chi connectivity index (χ2n) is 7.13. The highest BCUT2D eigenvalue weighted by atomic mass is 32.2. The second kappa shape index (κ2) is 12.4. The summed E-state index contributed by atoms with van der Waals surface area (Å²) in [7, 11) is 0. The number of hydrogen-bond acceptors (Lipinski definition) is 6. The van der Waals surface area contributed by atoms with E-state index in [-0.39, 0.29) is 17.6 Å². The van der Waals surface area contributed by atoms with Crippen molar-refractivity contribution in [3.63, 3.8) is 0 Å². The summed E-state index contributed by atoms with van der Waals surface area (Å²) in [4.78, 5) is 23.3. The van der Waals surface area contributed by atoms with E-state index in [2.05, 4.69) is 26.1 Å². The lowest BCUT2D eigenvalue weighted by molar-refractivity contribution is -0.256. The molecule has 0 aromatic carbocycles. The minimum Gasteiger partial charge on any atom is -0.459 e. The van der Waals surface area contributed by atoms with Crippen LogP contribution >= 0.6 is 11.8 Å². The van der Waals surface area contributed by atoms with Crippen LogP contribution in [-0.2, 0) is 14.3 Å². The molecule has 2 aliphatic heterocycles. The monoisotopic (exact) mass is 401 g/mol. The Morgan fingerprint density at radius 3 is 2.63 bits per heavy atom. The maximum atomic E-state index is 12.0. The van der Waals surface area contributed by atoms with Gasteiger partial charge in [-0.3, -0.25) is 4.79 Å². The van der Waals surface area contributed by atoms with E-state index < -0.39 is 17.9 Å². The molecule has 0 aromatic heterocycles. The average molecular weight is 402 g/mol. The molecule has 0 saturated carbocycles. The topological polar surface area (TPSA) is 84.9 Å². The van der Waals surface area contributed by atoms with Gasteiger partial charge < -0.3 is 19.9 Å². The zero-order valence-electron chi connectivity index (χ0n) is 17.1. The highest BCUT2D eigenvalue weighted by Crippen LogP contribution is 2.32. The van der Waals surface area contributed by atoms with Crippen LogP contribution in [-0.4, -0.2) is 46.6 Å². The van der Waals surface area contributed by atoms with Gasteiger partial charge in [0, 0.05) is 24.7 Å². The largest absolute Gasteiger partial charge is 0.459 e. The summed E-state index contributed by atoms with van der Waals surface area (Å²) in [6.45, 7) is 8.68. The van der Waals surface area contributed by atoms with Gasteiger partial charge in [0.15, 0.2) is 5.79 Å². The third-order valence-electron chi connectivity index (χ3n) is 4.60. The van der Waals surface area contributed by atoms with Crippen molar-refractivity contribution < 1.29 is 24.2 Å². The number of carbonyl (C=O) groups excluding carboxylic acids is 2. The molecule has 2 fully saturated rings. The summed E-state index contributed by atoms with van der Waals surface area (Å²) in [5.74, 6) is -1.40. The molecule has 2 aliphatic rings.